The number of benzene rings is 2. The molecule has 2 aliphatic rings. The third-order valence-electron chi connectivity index (χ3n) is 6.06. The molecule has 204 valence electrons. The first-order valence-electron chi connectivity index (χ1n) is 13.4. The van der Waals surface area contributed by atoms with Gasteiger partial charge in [-0.15, -0.1) is 0 Å². The summed E-state index contributed by atoms with van der Waals surface area (Å²) in [5.41, 5.74) is 5.23. The first-order chi connectivity index (χ1) is 18.8. The van der Waals surface area contributed by atoms with E-state index in [0.29, 0.717) is 11.1 Å². The second kappa shape index (κ2) is 13.3. The van der Waals surface area contributed by atoms with Crippen LogP contribution < -0.4 is 4.74 Å². The zero-order chi connectivity index (χ0) is 28.6. The quantitative estimate of drug-likeness (QED) is 0.232. The van der Waals surface area contributed by atoms with Gasteiger partial charge < -0.3 is 4.74 Å². The third kappa shape index (κ3) is 6.79. The van der Waals surface area contributed by atoms with Crippen LogP contribution in [0.3, 0.4) is 0 Å². The van der Waals surface area contributed by atoms with E-state index in [4.69, 9.17) is 4.74 Å². The molecule has 0 N–H and O–H groups in total. The van der Waals surface area contributed by atoms with Gasteiger partial charge in [0.2, 0.25) is 0 Å². The number of ether oxygens (including phenoxy) is 1. The van der Waals surface area contributed by atoms with E-state index in [1.807, 2.05) is 65.8 Å². The number of sulfone groups is 1. The molecule has 39 heavy (non-hydrogen) atoms. The summed E-state index contributed by atoms with van der Waals surface area (Å²) in [5.74, 6) is 1.38. The fourth-order valence-electron chi connectivity index (χ4n) is 4.30. The van der Waals surface area contributed by atoms with Gasteiger partial charge in [0.15, 0.2) is 15.6 Å². The lowest BCUT2D eigenvalue weighted by Gasteiger charge is -2.07. The number of aryl methyl sites for hydroxylation is 4. The van der Waals surface area contributed by atoms with Crippen molar-refractivity contribution >= 4 is 15.6 Å². The van der Waals surface area contributed by atoms with Gasteiger partial charge in [-0.05, 0) is 74.2 Å². The van der Waals surface area contributed by atoms with Crippen LogP contribution >= 0.6 is 0 Å². The predicted molar refractivity (Wildman–Crippen MR) is 155 cm³/mol. The lowest BCUT2D eigenvalue weighted by molar-refractivity contribution is 0.103. The van der Waals surface area contributed by atoms with Gasteiger partial charge in [0.1, 0.15) is 11.5 Å². The number of carbonyl (C=O) groups excluding carboxylic acids is 1. The van der Waals surface area contributed by atoms with E-state index in [0.717, 1.165) is 47.0 Å². The smallest absolute Gasteiger partial charge is 0.194 e. The summed E-state index contributed by atoms with van der Waals surface area (Å²) in [6.07, 6.45) is 3.58. The van der Waals surface area contributed by atoms with E-state index in [-0.39, 0.29) is 22.0 Å². The molecule has 0 radical (unpaired) electrons. The molecule has 0 atom stereocenters. The van der Waals surface area contributed by atoms with Crippen LogP contribution in [0.4, 0.5) is 0 Å². The minimum atomic E-state index is -3.47. The molecule has 4 heterocycles. The predicted octanol–water partition coefficient (Wildman–Crippen LogP) is 7.24. The Kier molecular flexibility index (Phi) is 10.1. The monoisotopic (exact) mass is 544 g/mol. The van der Waals surface area contributed by atoms with Gasteiger partial charge >= 0.3 is 0 Å². The molecule has 2 aromatic heterocycles. The maximum absolute atomic E-state index is 12.5. The molecule has 6 rings (SSSR count). The fraction of sp³-hybridized carbons (Fsp3) is 0.281. The summed E-state index contributed by atoms with van der Waals surface area (Å²) in [6.45, 7) is 11.8. The second-order valence-electron chi connectivity index (χ2n) is 8.69. The molecular formula is C32H36N2O4S. The van der Waals surface area contributed by atoms with Crippen LogP contribution in [-0.2, 0) is 28.4 Å². The average molecular weight is 545 g/mol. The molecule has 0 unspecified atom stereocenters. The van der Waals surface area contributed by atoms with Crippen LogP contribution in [0.15, 0.2) is 77.8 Å². The van der Waals surface area contributed by atoms with Gasteiger partial charge in [-0.2, -0.15) is 0 Å². The highest BCUT2D eigenvalue weighted by atomic mass is 32.2. The third-order valence-corrected chi connectivity index (χ3v) is 7.76. The molecule has 0 amide bonds. The Balaban J connectivity index is 0.000000193. The lowest BCUT2D eigenvalue weighted by Crippen LogP contribution is -2.06. The molecule has 0 spiro atoms. The summed E-state index contributed by atoms with van der Waals surface area (Å²) >= 11 is 0. The maximum Gasteiger partial charge on any atom is 0.194 e. The van der Waals surface area contributed by atoms with Crippen molar-refractivity contribution in [1.82, 2.24) is 9.97 Å². The van der Waals surface area contributed by atoms with Crippen molar-refractivity contribution in [1.29, 1.82) is 0 Å². The highest BCUT2D eigenvalue weighted by molar-refractivity contribution is 7.90. The Bertz CT molecular complexity index is 1560. The number of hydrogen-bond acceptors (Lipinski definition) is 6. The Hall–Kier alpha value is -3.84. The van der Waals surface area contributed by atoms with Crippen LogP contribution in [0, 0.1) is 13.8 Å². The Morgan fingerprint density at radius 3 is 2.23 bits per heavy atom. The van der Waals surface area contributed by atoms with Gasteiger partial charge in [-0.1, -0.05) is 58.0 Å². The zero-order valence-electron chi connectivity index (χ0n) is 23.5. The number of hydrogen-bond donors (Lipinski definition) is 0. The second-order valence-corrected chi connectivity index (χ2v) is 10.7. The van der Waals surface area contributed by atoms with Crippen molar-refractivity contribution < 1.29 is 17.9 Å². The van der Waals surface area contributed by atoms with Gasteiger partial charge in [-0.3, -0.25) is 14.8 Å². The standard InChI is InChI=1S/C15H12O3S.C13H12N2O.2C2H6/c1-10-6-7-13-14(8-10)19(17,18)9-11-4-2-3-5-12(11)15(13)16;1-9-4-7-13-11(15-9)6-5-10-12(16-13)3-2-8-14-10;2*1-2/h2-8H,9H2,1H3;2-4,7-8H,5-6H2,1H3;2*1-2H3. The van der Waals surface area contributed by atoms with E-state index in [9.17, 15) is 13.2 Å². The summed E-state index contributed by atoms with van der Waals surface area (Å²) in [6, 6.07) is 19.6. The van der Waals surface area contributed by atoms with Gasteiger partial charge in [0, 0.05) is 23.0 Å². The van der Waals surface area contributed by atoms with Crippen LogP contribution in [0.2, 0.25) is 0 Å². The summed E-state index contributed by atoms with van der Waals surface area (Å²) in [4.78, 5) is 21.4. The number of nitrogens with zero attached hydrogens (tertiary/aromatic N) is 2. The highest BCUT2D eigenvalue weighted by Gasteiger charge is 2.30. The molecule has 6 nitrogen and oxygen atoms in total. The Morgan fingerprint density at radius 2 is 1.46 bits per heavy atom. The molecule has 0 saturated heterocycles. The summed E-state index contributed by atoms with van der Waals surface area (Å²) in [7, 11) is -3.47. The van der Waals surface area contributed by atoms with E-state index in [1.165, 1.54) is 0 Å². The van der Waals surface area contributed by atoms with Crippen molar-refractivity contribution in [2.75, 3.05) is 0 Å². The number of ketones is 1. The molecule has 4 aromatic rings. The largest absolute Gasteiger partial charge is 0.454 e. The molecule has 7 heteroatoms. The van der Waals surface area contributed by atoms with Crippen molar-refractivity contribution in [2.24, 2.45) is 0 Å². The summed E-state index contributed by atoms with van der Waals surface area (Å²) < 4.78 is 30.6. The van der Waals surface area contributed by atoms with Crippen molar-refractivity contribution in [3.8, 4) is 11.5 Å². The highest BCUT2D eigenvalue weighted by Crippen LogP contribution is 2.32. The van der Waals surface area contributed by atoms with E-state index in [2.05, 4.69) is 9.97 Å². The van der Waals surface area contributed by atoms with Gasteiger partial charge in [0.05, 0.1) is 22.0 Å². The van der Waals surface area contributed by atoms with Crippen molar-refractivity contribution in [3.05, 3.63) is 112 Å². The van der Waals surface area contributed by atoms with Crippen LogP contribution in [0.5, 0.6) is 11.5 Å². The molecule has 0 saturated carbocycles. The number of aromatic nitrogens is 2. The first-order valence-corrected chi connectivity index (χ1v) is 15.0. The minimum absolute atomic E-state index is 0.120. The minimum Gasteiger partial charge on any atom is -0.454 e. The topological polar surface area (TPSA) is 86.2 Å². The number of pyridine rings is 2. The molecule has 2 aliphatic heterocycles. The normalized spacial score (nSPS) is 13.7. The number of rotatable bonds is 0. The Morgan fingerprint density at radius 1 is 0.769 bits per heavy atom. The molecule has 0 bridgehead atoms. The zero-order valence-corrected chi connectivity index (χ0v) is 24.3. The van der Waals surface area contributed by atoms with E-state index in [1.54, 1.807) is 48.7 Å². The van der Waals surface area contributed by atoms with Crippen molar-refractivity contribution in [3.63, 3.8) is 0 Å². The molecular weight excluding hydrogens is 508 g/mol. The van der Waals surface area contributed by atoms with Crippen molar-refractivity contribution in [2.45, 2.75) is 65.0 Å². The number of fused-ring (bicyclic) bond motifs is 4. The first kappa shape index (κ1) is 29.7. The molecule has 0 fully saturated rings. The number of carbonyl (C=O) groups is 1. The van der Waals surface area contributed by atoms with Gasteiger partial charge in [-0.25, -0.2) is 8.42 Å². The van der Waals surface area contributed by atoms with Crippen LogP contribution in [0.25, 0.3) is 0 Å². The van der Waals surface area contributed by atoms with Gasteiger partial charge in [0.25, 0.3) is 0 Å². The fourth-order valence-corrected chi connectivity index (χ4v) is 5.98. The molecule has 2 aromatic carbocycles. The maximum atomic E-state index is 12.5. The van der Waals surface area contributed by atoms with E-state index >= 15 is 0 Å². The Labute approximate surface area is 232 Å². The summed E-state index contributed by atoms with van der Waals surface area (Å²) in [5, 5.41) is 0. The van der Waals surface area contributed by atoms with Crippen LogP contribution in [-0.4, -0.2) is 24.2 Å². The average Bonchev–Trinajstić information content (AvgIpc) is 3.18. The lowest BCUT2D eigenvalue weighted by atomic mass is 9.99. The SMILES string of the molecule is CC.CC.Cc1ccc2c(c1)S(=O)(=O)Cc1ccccc1C2=O.Cc1ccc2c(n1)CCc1ncccc1O2. The molecule has 0 aliphatic carbocycles. The van der Waals surface area contributed by atoms with Crippen LogP contribution in [0.1, 0.15) is 71.8 Å². The van der Waals surface area contributed by atoms with E-state index < -0.39 is 9.84 Å².